The van der Waals surface area contributed by atoms with Crippen LogP contribution in [0.4, 0.5) is 10.1 Å². The number of para-hydroxylation sites is 1. The summed E-state index contributed by atoms with van der Waals surface area (Å²) in [6.45, 7) is 6.82. The molecule has 1 unspecified atom stereocenters. The van der Waals surface area contributed by atoms with Crippen molar-refractivity contribution in [2.75, 3.05) is 31.5 Å². The molecule has 0 aliphatic rings. The molecule has 0 aromatic heterocycles. The van der Waals surface area contributed by atoms with Crippen LogP contribution in [-0.4, -0.2) is 42.3 Å². The van der Waals surface area contributed by atoms with Gasteiger partial charge in [-0.2, -0.15) is 0 Å². The zero-order chi connectivity index (χ0) is 13.5. The molecule has 1 aromatic carbocycles. The predicted octanol–water partition coefficient (Wildman–Crippen LogP) is 2.70. The third-order valence-corrected chi connectivity index (χ3v) is 3.50. The predicted molar refractivity (Wildman–Crippen MR) is 76.4 cm³/mol. The summed E-state index contributed by atoms with van der Waals surface area (Å²) >= 11 is 3.28. The second kappa shape index (κ2) is 7.71. The molecule has 0 fully saturated rings. The lowest BCUT2D eigenvalue weighted by Gasteiger charge is -2.22. The van der Waals surface area contributed by atoms with Crippen LogP contribution in [0.2, 0.25) is 0 Å². The van der Waals surface area contributed by atoms with Crippen LogP contribution in [0.1, 0.15) is 13.8 Å². The number of nitrogens with zero attached hydrogens (tertiary/aromatic N) is 1. The van der Waals surface area contributed by atoms with Crippen LogP contribution < -0.4 is 5.32 Å². The quantitative estimate of drug-likeness (QED) is 0.811. The smallest absolute Gasteiger partial charge is 0.147 e. The minimum Gasteiger partial charge on any atom is -0.390 e. The topological polar surface area (TPSA) is 35.5 Å². The van der Waals surface area contributed by atoms with Gasteiger partial charge in [-0.25, -0.2) is 4.39 Å². The largest absolute Gasteiger partial charge is 0.390 e. The van der Waals surface area contributed by atoms with Gasteiger partial charge in [0, 0.05) is 17.6 Å². The third kappa shape index (κ3) is 4.55. The Morgan fingerprint density at radius 1 is 1.39 bits per heavy atom. The minimum atomic E-state index is -0.517. The van der Waals surface area contributed by atoms with Gasteiger partial charge in [-0.1, -0.05) is 19.9 Å². The first kappa shape index (κ1) is 15.4. The minimum absolute atomic E-state index is 0.320. The Bertz CT molecular complexity index is 352. The van der Waals surface area contributed by atoms with Crippen LogP contribution in [0, 0.1) is 5.82 Å². The number of hydrogen-bond donors (Lipinski definition) is 2. The summed E-state index contributed by atoms with van der Waals surface area (Å²) in [5.41, 5.74) is 0.399. The molecule has 2 N–H and O–H groups in total. The molecular formula is C13H20BrFN2O. The van der Waals surface area contributed by atoms with Gasteiger partial charge in [0.2, 0.25) is 0 Å². The van der Waals surface area contributed by atoms with E-state index < -0.39 is 6.10 Å². The van der Waals surface area contributed by atoms with Crippen molar-refractivity contribution >= 4 is 21.6 Å². The summed E-state index contributed by atoms with van der Waals surface area (Å²) in [6.07, 6.45) is -0.517. The summed E-state index contributed by atoms with van der Waals surface area (Å²) in [6, 6.07) is 4.79. The van der Waals surface area contributed by atoms with E-state index in [0.29, 0.717) is 23.2 Å². The molecule has 0 bridgehead atoms. The number of aliphatic hydroxyl groups excluding tert-OH is 1. The highest BCUT2D eigenvalue weighted by Crippen LogP contribution is 2.24. The number of nitrogens with one attached hydrogen (secondary N) is 1. The van der Waals surface area contributed by atoms with Crippen molar-refractivity contribution in [3.63, 3.8) is 0 Å². The SMILES string of the molecule is CCN(CC)CC(O)CNc1c(F)cccc1Br. The number of benzene rings is 1. The van der Waals surface area contributed by atoms with Crippen molar-refractivity contribution in [1.82, 2.24) is 4.90 Å². The molecular weight excluding hydrogens is 299 g/mol. The Kier molecular flexibility index (Phi) is 6.60. The van der Waals surface area contributed by atoms with Gasteiger partial charge in [0.1, 0.15) is 5.82 Å². The Balaban J connectivity index is 2.49. The second-order valence-corrected chi connectivity index (χ2v) is 4.97. The van der Waals surface area contributed by atoms with E-state index in [9.17, 15) is 9.50 Å². The van der Waals surface area contributed by atoms with Crippen molar-refractivity contribution < 1.29 is 9.50 Å². The van der Waals surface area contributed by atoms with E-state index in [1.165, 1.54) is 6.07 Å². The van der Waals surface area contributed by atoms with Crippen molar-refractivity contribution in [3.05, 3.63) is 28.5 Å². The van der Waals surface area contributed by atoms with Gasteiger partial charge in [-0.05, 0) is 41.2 Å². The molecule has 0 saturated heterocycles. The Labute approximate surface area is 116 Å². The Morgan fingerprint density at radius 2 is 2.06 bits per heavy atom. The number of likely N-dealkylation sites (N-methyl/N-ethyl adjacent to an activating group) is 1. The fraction of sp³-hybridized carbons (Fsp3) is 0.538. The van der Waals surface area contributed by atoms with Gasteiger partial charge < -0.3 is 15.3 Å². The monoisotopic (exact) mass is 318 g/mol. The first-order chi connectivity index (χ1) is 8.58. The molecule has 0 aliphatic heterocycles. The maximum absolute atomic E-state index is 13.5. The van der Waals surface area contributed by atoms with Crippen LogP contribution in [0.15, 0.2) is 22.7 Å². The van der Waals surface area contributed by atoms with Crippen LogP contribution in [0.5, 0.6) is 0 Å². The van der Waals surface area contributed by atoms with Crippen molar-refractivity contribution in [2.24, 2.45) is 0 Å². The highest BCUT2D eigenvalue weighted by atomic mass is 79.9. The summed E-state index contributed by atoms with van der Waals surface area (Å²) in [5, 5.41) is 12.8. The first-order valence-corrected chi connectivity index (χ1v) is 6.96. The summed E-state index contributed by atoms with van der Waals surface area (Å²) in [4.78, 5) is 2.13. The van der Waals surface area contributed by atoms with E-state index in [1.807, 2.05) is 0 Å². The number of anilines is 1. The van der Waals surface area contributed by atoms with E-state index in [0.717, 1.165) is 13.1 Å². The lowest BCUT2D eigenvalue weighted by molar-refractivity contribution is 0.128. The second-order valence-electron chi connectivity index (χ2n) is 4.12. The molecule has 0 heterocycles. The first-order valence-electron chi connectivity index (χ1n) is 6.16. The summed E-state index contributed by atoms with van der Waals surface area (Å²) < 4.78 is 14.2. The van der Waals surface area contributed by atoms with Gasteiger partial charge in [-0.3, -0.25) is 0 Å². The van der Waals surface area contributed by atoms with Gasteiger partial charge in [0.05, 0.1) is 11.8 Å². The Morgan fingerprint density at radius 3 is 2.61 bits per heavy atom. The average molecular weight is 319 g/mol. The lowest BCUT2D eigenvalue weighted by atomic mass is 10.2. The summed E-state index contributed by atoms with van der Waals surface area (Å²) in [7, 11) is 0. The van der Waals surface area contributed by atoms with Gasteiger partial charge >= 0.3 is 0 Å². The highest BCUT2D eigenvalue weighted by molar-refractivity contribution is 9.10. The fourth-order valence-corrected chi connectivity index (χ4v) is 2.21. The Hall–Kier alpha value is -0.650. The summed E-state index contributed by atoms with van der Waals surface area (Å²) in [5.74, 6) is -0.320. The molecule has 0 aliphatic carbocycles. The molecule has 0 saturated carbocycles. The number of hydrogen-bond acceptors (Lipinski definition) is 3. The van der Waals surface area contributed by atoms with Crippen molar-refractivity contribution in [1.29, 1.82) is 0 Å². The van der Waals surface area contributed by atoms with E-state index >= 15 is 0 Å². The highest BCUT2D eigenvalue weighted by Gasteiger charge is 2.11. The molecule has 1 atom stereocenters. The lowest BCUT2D eigenvalue weighted by Crippen LogP contribution is -2.36. The van der Waals surface area contributed by atoms with E-state index in [4.69, 9.17) is 0 Å². The molecule has 0 spiro atoms. The zero-order valence-corrected chi connectivity index (χ0v) is 12.4. The van der Waals surface area contributed by atoms with Crippen molar-refractivity contribution in [2.45, 2.75) is 20.0 Å². The number of aliphatic hydroxyl groups is 1. The fourth-order valence-electron chi connectivity index (χ4n) is 1.73. The van der Waals surface area contributed by atoms with E-state index in [2.05, 4.69) is 40.0 Å². The molecule has 0 radical (unpaired) electrons. The van der Waals surface area contributed by atoms with Crippen molar-refractivity contribution in [3.8, 4) is 0 Å². The van der Waals surface area contributed by atoms with E-state index in [1.54, 1.807) is 12.1 Å². The normalized spacial score (nSPS) is 12.8. The molecule has 5 heteroatoms. The number of rotatable bonds is 7. The standard InChI is InChI=1S/C13H20BrFN2O/c1-3-17(4-2)9-10(18)8-16-13-11(14)6-5-7-12(13)15/h5-7,10,16,18H,3-4,8-9H2,1-2H3. The van der Waals surface area contributed by atoms with Crippen LogP contribution >= 0.6 is 15.9 Å². The average Bonchev–Trinajstić information content (AvgIpc) is 2.35. The molecule has 102 valence electrons. The van der Waals surface area contributed by atoms with Crippen LogP contribution in [-0.2, 0) is 0 Å². The maximum atomic E-state index is 13.5. The molecule has 1 aromatic rings. The zero-order valence-electron chi connectivity index (χ0n) is 10.8. The maximum Gasteiger partial charge on any atom is 0.147 e. The van der Waals surface area contributed by atoms with Gasteiger partial charge in [0.15, 0.2) is 0 Å². The van der Waals surface area contributed by atoms with Gasteiger partial charge in [0.25, 0.3) is 0 Å². The molecule has 3 nitrogen and oxygen atoms in total. The number of halogens is 2. The molecule has 18 heavy (non-hydrogen) atoms. The molecule has 1 rings (SSSR count). The van der Waals surface area contributed by atoms with Gasteiger partial charge in [-0.15, -0.1) is 0 Å². The molecule has 0 amide bonds. The van der Waals surface area contributed by atoms with Crippen LogP contribution in [0.25, 0.3) is 0 Å². The van der Waals surface area contributed by atoms with Crippen LogP contribution in [0.3, 0.4) is 0 Å². The third-order valence-electron chi connectivity index (χ3n) is 2.84. The van der Waals surface area contributed by atoms with E-state index in [-0.39, 0.29) is 5.82 Å².